The molecule has 2 heterocycles. The van der Waals surface area contributed by atoms with Crippen LogP contribution in [-0.4, -0.2) is 48.4 Å². The summed E-state index contributed by atoms with van der Waals surface area (Å²) in [5.74, 6) is -0.909. The van der Waals surface area contributed by atoms with E-state index < -0.39 is 23.1 Å². The van der Waals surface area contributed by atoms with Gasteiger partial charge in [-0.25, -0.2) is 4.79 Å². The first kappa shape index (κ1) is 18.3. The van der Waals surface area contributed by atoms with Crippen molar-refractivity contribution in [2.45, 2.75) is 18.1 Å². The van der Waals surface area contributed by atoms with Crippen LogP contribution in [0.3, 0.4) is 0 Å². The topological polar surface area (TPSA) is 108 Å². The van der Waals surface area contributed by atoms with Gasteiger partial charge in [0, 0.05) is 19.0 Å². The maximum Gasteiger partial charge on any atom is 0.324 e. The van der Waals surface area contributed by atoms with E-state index in [2.05, 4.69) is 11.4 Å². The third-order valence-electron chi connectivity index (χ3n) is 4.48. The van der Waals surface area contributed by atoms with Gasteiger partial charge in [0.15, 0.2) is 0 Å². The molecule has 3 N–H and O–H groups in total. The molecule has 26 heavy (non-hydrogen) atoms. The lowest BCUT2D eigenvalue weighted by molar-refractivity contribution is -0.119. The third kappa shape index (κ3) is 3.69. The first-order chi connectivity index (χ1) is 12.5. The van der Waals surface area contributed by atoms with Crippen LogP contribution in [0.25, 0.3) is 0 Å². The van der Waals surface area contributed by atoms with Crippen molar-refractivity contribution >= 4 is 23.7 Å². The molecule has 2 atom stereocenters. The van der Waals surface area contributed by atoms with Gasteiger partial charge in [-0.2, -0.15) is 5.26 Å². The summed E-state index contributed by atoms with van der Waals surface area (Å²) in [6.45, 7) is 3.77. The van der Waals surface area contributed by atoms with Gasteiger partial charge in [-0.3, -0.25) is 10.1 Å². The second-order valence-electron chi connectivity index (χ2n) is 6.21. The molecule has 0 spiro atoms. The molecule has 3 rings (SSSR count). The number of nitrogens with one attached hydrogen (secondary N) is 1. The van der Waals surface area contributed by atoms with Crippen LogP contribution in [0.15, 0.2) is 34.9 Å². The van der Waals surface area contributed by atoms with E-state index in [0.717, 1.165) is 22.9 Å². The average Bonchev–Trinajstić information content (AvgIpc) is 2.99. The number of carbonyl (C=O) groups excluding carboxylic acids is 2. The molecule has 0 bridgehead atoms. The molecule has 136 valence electrons. The van der Waals surface area contributed by atoms with Crippen LogP contribution < -0.4 is 11.1 Å². The highest BCUT2D eigenvalue weighted by Crippen LogP contribution is 2.45. The van der Waals surface area contributed by atoms with Crippen LogP contribution in [0.2, 0.25) is 0 Å². The molecule has 7 nitrogen and oxygen atoms in total. The smallest absolute Gasteiger partial charge is 0.324 e. The van der Waals surface area contributed by atoms with E-state index in [1.165, 1.54) is 0 Å². The third-order valence-corrected chi connectivity index (χ3v) is 5.69. The Morgan fingerprint density at radius 3 is 2.58 bits per heavy atom. The van der Waals surface area contributed by atoms with Gasteiger partial charge in [-0.15, -0.1) is 0 Å². The van der Waals surface area contributed by atoms with Crippen molar-refractivity contribution < 1.29 is 14.3 Å². The van der Waals surface area contributed by atoms with Crippen LogP contribution in [0.5, 0.6) is 0 Å². The number of hydrogen-bond donors (Lipinski definition) is 2. The number of nitrogens with zero attached hydrogens (tertiary/aromatic N) is 2. The Balaban J connectivity index is 1.79. The Morgan fingerprint density at radius 1 is 1.31 bits per heavy atom. The fourth-order valence-corrected chi connectivity index (χ4v) is 4.21. The average molecular weight is 372 g/mol. The Labute approximate surface area is 156 Å². The summed E-state index contributed by atoms with van der Waals surface area (Å²) >= 11 is 1.13. The van der Waals surface area contributed by atoms with Crippen LogP contribution in [-0.2, 0) is 9.53 Å². The van der Waals surface area contributed by atoms with E-state index in [0.29, 0.717) is 36.9 Å². The number of nitrogens with two attached hydrogens (primary N) is 1. The molecule has 1 aromatic rings. The molecule has 1 fully saturated rings. The Kier molecular flexibility index (Phi) is 5.49. The molecule has 2 aliphatic rings. The van der Waals surface area contributed by atoms with E-state index in [-0.39, 0.29) is 0 Å². The van der Waals surface area contributed by atoms with Gasteiger partial charge in [-0.1, -0.05) is 41.6 Å². The number of aryl methyl sites for hydroxylation is 1. The lowest BCUT2D eigenvalue weighted by Gasteiger charge is -2.27. The first-order valence-electron chi connectivity index (χ1n) is 8.31. The van der Waals surface area contributed by atoms with Crippen molar-refractivity contribution in [1.82, 2.24) is 10.2 Å². The maximum atomic E-state index is 12.8. The van der Waals surface area contributed by atoms with E-state index in [1.807, 2.05) is 31.2 Å². The number of hydrogen-bond acceptors (Lipinski definition) is 6. The summed E-state index contributed by atoms with van der Waals surface area (Å²) in [6, 6.07) is 9.32. The summed E-state index contributed by atoms with van der Waals surface area (Å²) in [5, 5.41) is 11.6. The van der Waals surface area contributed by atoms with Gasteiger partial charge in [-0.05, 0) is 12.5 Å². The molecule has 2 aliphatic heterocycles. The van der Waals surface area contributed by atoms with E-state index in [9.17, 15) is 14.9 Å². The lowest BCUT2D eigenvalue weighted by Crippen LogP contribution is -2.50. The number of allylic oxidation sites excluding steroid dienone is 1. The predicted molar refractivity (Wildman–Crippen MR) is 98.1 cm³/mol. The normalized spacial score (nSPS) is 22.8. The fourth-order valence-electron chi connectivity index (χ4n) is 3.04. The molecule has 3 amide bonds. The zero-order valence-corrected chi connectivity index (χ0v) is 15.2. The minimum Gasteiger partial charge on any atom is -0.393 e. The number of nitriles is 1. The van der Waals surface area contributed by atoms with Crippen molar-refractivity contribution in [1.29, 1.82) is 5.26 Å². The van der Waals surface area contributed by atoms with Gasteiger partial charge in [0.1, 0.15) is 5.25 Å². The zero-order valence-electron chi connectivity index (χ0n) is 14.4. The molecule has 0 radical (unpaired) electrons. The summed E-state index contributed by atoms with van der Waals surface area (Å²) in [5.41, 5.74) is 8.26. The Morgan fingerprint density at radius 2 is 1.96 bits per heavy atom. The van der Waals surface area contributed by atoms with Crippen molar-refractivity contribution in [3.63, 3.8) is 0 Å². The van der Waals surface area contributed by atoms with Gasteiger partial charge >= 0.3 is 6.03 Å². The highest BCUT2D eigenvalue weighted by molar-refractivity contribution is 8.04. The molecule has 2 unspecified atom stereocenters. The van der Waals surface area contributed by atoms with Crippen LogP contribution in [0.1, 0.15) is 17.0 Å². The molecule has 0 saturated carbocycles. The Hall–Kier alpha value is -2.50. The van der Waals surface area contributed by atoms with Crippen LogP contribution >= 0.6 is 11.8 Å². The monoisotopic (exact) mass is 372 g/mol. The SMILES string of the molecule is Cc1ccc(C2C(C#N)=C(N)SC2C(=O)NC(=O)N2CCOCC2)cc1. The molecular weight excluding hydrogens is 352 g/mol. The number of rotatable bonds is 2. The van der Waals surface area contributed by atoms with Gasteiger partial charge in [0.2, 0.25) is 5.91 Å². The molecule has 0 aromatic heterocycles. The number of ether oxygens (including phenoxy) is 1. The quantitative estimate of drug-likeness (QED) is 0.813. The van der Waals surface area contributed by atoms with Crippen molar-refractivity contribution in [3.8, 4) is 6.07 Å². The highest BCUT2D eigenvalue weighted by atomic mass is 32.2. The summed E-state index contributed by atoms with van der Waals surface area (Å²) < 4.78 is 5.21. The summed E-state index contributed by atoms with van der Waals surface area (Å²) in [7, 11) is 0. The number of carbonyl (C=O) groups is 2. The molecule has 0 aliphatic carbocycles. The minimum absolute atomic E-state index is 0.331. The number of benzene rings is 1. The standard InChI is InChI=1S/C18H20N4O3S/c1-11-2-4-12(5-3-11)14-13(10-19)16(20)26-15(14)17(23)21-18(24)22-6-8-25-9-7-22/h2-5,14-15H,6-9,20H2,1H3,(H,21,23,24). The number of amides is 3. The van der Waals surface area contributed by atoms with E-state index >= 15 is 0 Å². The summed E-state index contributed by atoms with van der Waals surface area (Å²) in [6.07, 6.45) is 0. The number of morpholine rings is 1. The molecule has 1 saturated heterocycles. The molecule has 8 heteroatoms. The minimum atomic E-state index is -0.655. The first-order valence-corrected chi connectivity index (χ1v) is 9.19. The van der Waals surface area contributed by atoms with Gasteiger partial charge < -0.3 is 15.4 Å². The van der Waals surface area contributed by atoms with Crippen LogP contribution in [0.4, 0.5) is 4.79 Å². The number of thioether (sulfide) groups is 1. The van der Waals surface area contributed by atoms with Crippen LogP contribution in [0, 0.1) is 18.3 Å². The fraction of sp³-hybridized carbons (Fsp3) is 0.389. The highest BCUT2D eigenvalue weighted by Gasteiger charge is 2.41. The second kappa shape index (κ2) is 7.81. The lowest BCUT2D eigenvalue weighted by atomic mass is 9.88. The second-order valence-corrected chi connectivity index (χ2v) is 7.39. The Bertz CT molecular complexity index is 779. The van der Waals surface area contributed by atoms with Crippen molar-refractivity contribution in [2.75, 3.05) is 26.3 Å². The number of urea groups is 1. The predicted octanol–water partition coefficient (Wildman–Crippen LogP) is 1.46. The largest absolute Gasteiger partial charge is 0.393 e. The van der Waals surface area contributed by atoms with Gasteiger partial charge in [0.25, 0.3) is 0 Å². The van der Waals surface area contributed by atoms with Gasteiger partial charge in [0.05, 0.1) is 29.9 Å². The zero-order chi connectivity index (χ0) is 18.7. The summed E-state index contributed by atoms with van der Waals surface area (Å²) in [4.78, 5) is 26.6. The number of imide groups is 1. The maximum absolute atomic E-state index is 12.8. The van der Waals surface area contributed by atoms with Crippen molar-refractivity contribution in [3.05, 3.63) is 46.0 Å². The molecular formula is C18H20N4O3S. The molecule has 1 aromatic carbocycles. The van der Waals surface area contributed by atoms with E-state index in [4.69, 9.17) is 10.5 Å². The van der Waals surface area contributed by atoms with E-state index in [1.54, 1.807) is 4.90 Å². The van der Waals surface area contributed by atoms with Crippen molar-refractivity contribution in [2.24, 2.45) is 5.73 Å².